The molecule has 0 heterocycles. The van der Waals surface area contributed by atoms with Crippen LogP contribution in [-0.2, 0) is 4.79 Å². The van der Waals surface area contributed by atoms with Crippen molar-refractivity contribution in [3.63, 3.8) is 0 Å². The number of amides is 1. The lowest BCUT2D eigenvalue weighted by Gasteiger charge is -2.22. The van der Waals surface area contributed by atoms with Crippen molar-refractivity contribution >= 4 is 11.6 Å². The second-order valence-corrected chi connectivity index (χ2v) is 5.24. The van der Waals surface area contributed by atoms with E-state index in [4.69, 9.17) is 5.26 Å². The Hall–Kier alpha value is -2.02. The average Bonchev–Trinajstić information content (AvgIpc) is 2.49. The van der Waals surface area contributed by atoms with Crippen LogP contribution in [0.2, 0.25) is 0 Å². The third-order valence-corrected chi connectivity index (χ3v) is 3.69. The molecule has 106 valence electrons. The van der Waals surface area contributed by atoms with Crippen LogP contribution >= 0.6 is 0 Å². The highest BCUT2D eigenvalue weighted by atomic mass is 16.1. The van der Waals surface area contributed by atoms with Gasteiger partial charge in [-0.15, -0.1) is 0 Å². The van der Waals surface area contributed by atoms with Crippen LogP contribution in [0.3, 0.4) is 0 Å². The van der Waals surface area contributed by atoms with Gasteiger partial charge in [-0.1, -0.05) is 31.4 Å². The maximum Gasteiger partial charge on any atom is 0.221 e. The zero-order valence-corrected chi connectivity index (χ0v) is 11.7. The lowest BCUT2D eigenvalue weighted by Crippen LogP contribution is -2.36. The van der Waals surface area contributed by atoms with E-state index in [1.54, 1.807) is 6.07 Å². The van der Waals surface area contributed by atoms with E-state index in [2.05, 4.69) is 16.7 Å². The maximum atomic E-state index is 11.8. The van der Waals surface area contributed by atoms with Gasteiger partial charge in [-0.3, -0.25) is 4.79 Å². The summed E-state index contributed by atoms with van der Waals surface area (Å²) in [4.78, 5) is 11.8. The molecule has 0 atom stereocenters. The van der Waals surface area contributed by atoms with Crippen LogP contribution < -0.4 is 10.6 Å². The van der Waals surface area contributed by atoms with Gasteiger partial charge in [0.2, 0.25) is 5.91 Å². The number of hydrogen-bond donors (Lipinski definition) is 2. The predicted octanol–water partition coefficient (Wildman–Crippen LogP) is 2.81. The molecule has 2 N–H and O–H groups in total. The van der Waals surface area contributed by atoms with Crippen molar-refractivity contribution in [1.82, 2.24) is 5.32 Å². The normalized spacial score (nSPS) is 15.3. The summed E-state index contributed by atoms with van der Waals surface area (Å²) in [5.41, 5.74) is 1.40. The lowest BCUT2D eigenvalue weighted by atomic mass is 9.95. The van der Waals surface area contributed by atoms with Crippen LogP contribution in [0.5, 0.6) is 0 Å². The SMILES string of the molecule is N#Cc1ccccc1NCCC(=O)NC1CCCCC1. The first kappa shape index (κ1) is 14.4. The van der Waals surface area contributed by atoms with Crippen LogP contribution in [0.25, 0.3) is 0 Å². The zero-order chi connectivity index (χ0) is 14.2. The van der Waals surface area contributed by atoms with Crippen molar-refractivity contribution in [1.29, 1.82) is 5.26 Å². The predicted molar refractivity (Wildman–Crippen MR) is 79.3 cm³/mol. The van der Waals surface area contributed by atoms with E-state index < -0.39 is 0 Å². The highest BCUT2D eigenvalue weighted by Gasteiger charge is 2.15. The highest BCUT2D eigenvalue weighted by Crippen LogP contribution is 2.17. The van der Waals surface area contributed by atoms with Crippen LogP contribution in [0.4, 0.5) is 5.69 Å². The third-order valence-electron chi connectivity index (χ3n) is 3.69. The fourth-order valence-corrected chi connectivity index (χ4v) is 2.59. The van der Waals surface area contributed by atoms with E-state index in [9.17, 15) is 4.79 Å². The quantitative estimate of drug-likeness (QED) is 0.865. The Morgan fingerprint density at radius 3 is 2.75 bits per heavy atom. The van der Waals surface area contributed by atoms with E-state index >= 15 is 0 Å². The molecule has 0 unspecified atom stereocenters. The summed E-state index contributed by atoms with van der Waals surface area (Å²) in [5.74, 6) is 0.0961. The van der Waals surface area contributed by atoms with Crippen molar-refractivity contribution in [2.75, 3.05) is 11.9 Å². The molecule has 1 aromatic carbocycles. The molecule has 1 fully saturated rings. The number of nitriles is 1. The Morgan fingerprint density at radius 2 is 2.00 bits per heavy atom. The van der Waals surface area contributed by atoms with Crippen molar-refractivity contribution in [3.05, 3.63) is 29.8 Å². The summed E-state index contributed by atoms with van der Waals surface area (Å²) in [6.07, 6.45) is 6.39. The van der Waals surface area contributed by atoms with Gasteiger partial charge in [-0.25, -0.2) is 0 Å². The van der Waals surface area contributed by atoms with Crippen molar-refractivity contribution < 1.29 is 4.79 Å². The number of benzene rings is 1. The van der Waals surface area contributed by atoms with Crippen LogP contribution in [0.15, 0.2) is 24.3 Å². The smallest absolute Gasteiger partial charge is 0.221 e. The van der Waals surface area contributed by atoms with E-state index in [0.29, 0.717) is 24.6 Å². The minimum atomic E-state index is 0.0961. The van der Waals surface area contributed by atoms with Gasteiger partial charge in [0, 0.05) is 19.0 Å². The van der Waals surface area contributed by atoms with Gasteiger partial charge < -0.3 is 10.6 Å². The highest BCUT2D eigenvalue weighted by molar-refractivity contribution is 5.77. The number of nitrogens with one attached hydrogen (secondary N) is 2. The summed E-state index contributed by atoms with van der Waals surface area (Å²) in [6.45, 7) is 0.553. The van der Waals surface area contributed by atoms with Gasteiger partial charge in [-0.2, -0.15) is 5.26 Å². The lowest BCUT2D eigenvalue weighted by molar-refractivity contribution is -0.121. The van der Waals surface area contributed by atoms with E-state index in [1.807, 2.05) is 18.2 Å². The van der Waals surface area contributed by atoms with Gasteiger partial charge >= 0.3 is 0 Å². The average molecular weight is 271 g/mol. The molecule has 1 saturated carbocycles. The topological polar surface area (TPSA) is 64.9 Å². The molecule has 20 heavy (non-hydrogen) atoms. The second kappa shape index (κ2) is 7.54. The Balaban J connectivity index is 1.72. The number of nitrogens with zero attached hydrogens (tertiary/aromatic N) is 1. The molecule has 0 bridgehead atoms. The Kier molecular flexibility index (Phi) is 5.43. The van der Waals surface area contributed by atoms with Gasteiger partial charge in [-0.05, 0) is 25.0 Å². The summed E-state index contributed by atoms with van der Waals surface area (Å²) < 4.78 is 0. The van der Waals surface area contributed by atoms with Crippen molar-refractivity contribution in [3.8, 4) is 6.07 Å². The number of carbonyl (C=O) groups excluding carboxylic acids is 1. The monoisotopic (exact) mass is 271 g/mol. The van der Waals surface area contributed by atoms with Crippen LogP contribution in [0, 0.1) is 11.3 Å². The van der Waals surface area contributed by atoms with Gasteiger partial charge in [0.1, 0.15) is 6.07 Å². The fraction of sp³-hybridized carbons (Fsp3) is 0.500. The molecule has 0 saturated heterocycles. The van der Waals surface area contributed by atoms with Crippen LogP contribution in [0.1, 0.15) is 44.1 Å². The van der Waals surface area contributed by atoms with Gasteiger partial charge in [0.25, 0.3) is 0 Å². The molecule has 0 spiro atoms. The standard InChI is InChI=1S/C16H21N3O/c17-12-13-6-4-5-9-15(13)18-11-10-16(20)19-14-7-2-1-3-8-14/h4-6,9,14,18H,1-3,7-8,10-11H2,(H,19,20). The number of para-hydroxylation sites is 1. The Bertz CT molecular complexity index is 487. The zero-order valence-electron chi connectivity index (χ0n) is 11.7. The molecule has 0 radical (unpaired) electrons. The Morgan fingerprint density at radius 1 is 1.25 bits per heavy atom. The molecular formula is C16H21N3O. The number of hydrogen-bond acceptors (Lipinski definition) is 3. The van der Waals surface area contributed by atoms with Gasteiger partial charge in [0.15, 0.2) is 0 Å². The molecule has 0 aliphatic heterocycles. The van der Waals surface area contributed by atoms with E-state index in [1.165, 1.54) is 19.3 Å². The molecule has 0 aromatic heterocycles. The minimum absolute atomic E-state index is 0.0961. The maximum absolute atomic E-state index is 11.8. The first-order valence-electron chi connectivity index (χ1n) is 7.32. The van der Waals surface area contributed by atoms with Crippen LogP contribution in [-0.4, -0.2) is 18.5 Å². The molecule has 1 aliphatic carbocycles. The number of rotatable bonds is 5. The first-order valence-corrected chi connectivity index (χ1v) is 7.32. The summed E-state index contributed by atoms with van der Waals surface area (Å²) in [5, 5.41) is 15.2. The summed E-state index contributed by atoms with van der Waals surface area (Å²) in [7, 11) is 0. The summed E-state index contributed by atoms with van der Waals surface area (Å²) in [6, 6.07) is 9.84. The summed E-state index contributed by atoms with van der Waals surface area (Å²) >= 11 is 0. The third kappa shape index (κ3) is 4.27. The van der Waals surface area contributed by atoms with E-state index in [0.717, 1.165) is 18.5 Å². The molecule has 1 aromatic rings. The fourth-order valence-electron chi connectivity index (χ4n) is 2.59. The molecule has 2 rings (SSSR count). The second-order valence-electron chi connectivity index (χ2n) is 5.24. The molecule has 1 aliphatic rings. The van der Waals surface area contributed by atoms with Crippen molar-refractivity contribution in [2.45, 2.75) is 44.6 Å². The largest absolute Gasteiger partial charge is 0.383 e. The van der Waals surface area contributed by atoms with E-state index in [-0.39, 0.29) is 5.91 Å². The first-order chi connectivity index (χ1) is 9.79. The molecular weight excluding hydrogens is 250 g/mol. The minimum Gasteiger partial charge on any atom is -0.383 e. The Labute approximate surface area is 120 Å². The number of carbonyl (C=O) groups is 1. The van der Waals surface area contributed by atoms with Gasteiger partial charge in [0.05, 0.1) is 11.3 Å². The van der Waals surface area contributed by atoms with Crippen molar-refractivity contribution in [2.24, 2.45) is 0 Å². The molecule has 4 heteroatoms. The molecule has 1 amide bonds. The number of anilines is 1. The molecule has 4 nitrogen and oxygen atoms in total.